The minimum Gasteiger partial charge on any atom is -0.506 e. The summed E-state index contributed by atoms with van der Waals surface area (Å²) in [6.07, 6.45) is 1.56. The Kier molecular flexibility index (Phi) is 4.61. The molecule has 2 aromatic heterocycles. The van der Waals surface area contributed by atoms with E-state index < -0.39 is 0 Å². The molecule has 0 bridgehead atoms. The quantitative estimate of drug-likeness (QED) is 0.887. The lowest BCUT2D eigenvalue weighted by Gasteiger charge is -2.25. The number of pyridine rings is 1. The summed E-state index contributed by atoms with van der Waals surface area (Å²) < 4.78 is 0. The van der Waals surface area contributed by atoms with Crippen molar-refractivity contribution >= 4 is 29.0 Å². The predicted molar refractivity (Wildman–Crippen MR) is 91.4 cm³/mol. The zero-order valence-corrected chi connectivity index (χ0v) is 14.6. The Morgan fingerprint density at radius 2 is 2.22 bits per heavy atom. The molecule has 0 spiro atoms. The second-order valence-corrected chi connectivity index (χ2v) is 7.52. The Labute approximate surface area is 143 Å². The lowest BCUT2D eigenvalue weighted by atomic mass is 10.1. The average molecular weight is 350 g/mol. The van der Waals surface area contributed by atoms with Crippen molar-refractivity contribution in [3.8, 4) is 5.75 Å². The maximum absolute atomic E-state index is 12.3. The molecule has 3 rings (SSSR count). The van der Waals surface area contributed by atoms with Crippen molar-refractivity contribution in [2.75, 3.05) is 5.75 Å². The Bertz CT molecular complexity index is 745. The smallest absolute Gasteiger partial charge is 0.234 e. The van der Waals surface area contributed by atoms with Gasteiger partial charge < -0.3 is 15.1 Å². The van der Waals surface area contributed by atoms with E-state index in [9.17, 15) is 15.0 Å². The van der Waals surface area contributed by atoms with Gasteiger partial charge in [-0.15, -0.1) is 23.1 Å². The van der Waals surface area contributed by atoms with Gasteiger partial charge in [-0.05, 0) is 30.9 Å². The lowest BCUT2D eigenvalue weighted by Crippen LogP contribution is -2.28. The van der Waals surface area contributed by atoms with Crippen LogP contribution in [0.3, 0.4) is 0 Å². The molecule has 1 atom stereocenters. The van der Waals surface area contributed by atoms with Crippen LogP contribution in [0.1, 0.15) is 32.6 Å². The van der Waals surface area contributed by atoms with Crippen molar-refractivity contribution in [1.29, 1.82) is 0 Å². The molecular formula is C16H18N2O3S2. The standard InChI is InChI=1S/C16H18N2O3S2/c1-9-3-4-22-15(9)16-18(13(20)8-23-16)6-12-11(7-19)5-17-10(2)14(12)21/h3-5,16,19,21H,6-8H2,1-2H3. The van der Waals surface area contributed by atoms with Crippen LogP contribution < -0.4 is 0 Å². The number of carbonyl (C=O) groups excluding carboxylic acids is 1. The molecule has 2 aromatic rings. The Morgan fingerprint density at radius 3 is 2.87 bits per heavy atom. The van der Waals surface area contributed by atoms with Gasteiger partial charge in [-0.25, -0.2) is 0 Å². The summed E-state index contributed by atoms with van der Waals surface area (Å²) >= 11 is 3.24. The highest BCUT2D eigenvalue weighted by Crippen LogP contribution is 2.43. The molecule has 1 amide bonds. The molecule has 1 aliphatic rings. The number of hydrogen-bond donors (Lipinski definition) is 2. The predicted octanol–water partition coefficient (Wildman–Crippen LogP) is 2.73. The summed E-state index contributed by atoms with van der Waals surface area (Å²) in [6, 6.07) is 2.05. The number of aliphatic hydroxyl groups excluding tert-OH is 1. The van der Waals surface area contributed by atoms with Crippen molar-refractivity contribution in [3.63, 3.8) is 0 Å². The van der Waals surface area contributed by atoms with Crippen LogP contribution in [-0.2, 0) is 17.9 Å². The third-order valence-corrected chi connectivity index (χ3v) is 6.46. The van der Waals surface area contributed by atoms with Gasteiger partial charge in [-0.1, -0.05) is 0 Å². The first-order valence-corrected chi connectivity index (χ1v) is 9.18. The van der Waals surface area contributed by atoms with Gasteiger partial charge in [-0.3, -0.25) is 9.78 Å². The fourth-order valence-electron chi connectivity index (χ4n) is 2.65. The highest BCUT2D eigenvalue weighted by Gasteiger charge is 2.35. The fourth-order valence-corrected chi connectivity index (χ4v) is 5.11. The Morgan fingerprint density at radius 1 is 1.43 bits per heavy atom. The monoisotopic (exact) mass is 350 g/mol. The van der Waals surface area contributed by atoms with Crippen LogP contribution in [0.4, 0.5) is 0 Å². The molecule has 1 saturated heterocycles. The van der Waals surface area contributed by atoms with Gasteiger partial charge in [-0.2, -0.15) is 0 Å². The first kappa shape index (κ1) is 16.3. The van der Waals surface area contributed by atoms with Gasteiger partial charge in [0.1, 0.15) is 11.1 Å². The third-order valence-electron chi connectivity index (χ3n) is 4.02. The van der Waals surface area contributed by atoms with E-state index in [4.69, 9.17) is 0 Å². The second kappa shape index (κ2) is 6.51. The molecule has 0 aliphatic carbocycles. The summed E-state index contributed by atoms with van der Waals surface area (Å²) in [6.45, 7) is 3.81. The number of aliphatic hydroxyl groups is 1. The fraction of sp³-hybridized carbons (Fsp3) is 0.375. The summed E-state index contributed by atoms with van der Waals surface area (Å²) in [5.74, 6) is 0.537. The molecule has 0 aromatic carbocycles. The first-order chi connectivity index (χ1) is 11.0. The average Bonchev–Trinajstić information content (AvgIpc) is 3.10. The summed E-state index contributed by atoms with van der Waals surface area (Å²) in [5.41, 5.74) is 2.81. The molecule has 0 radical (unpaired) electrons. The Hall–Kier alpha value is -1.57. The second-order valence-electron chi connectivity index (χ2n) is 5.51. The number of aromatic hydroxyl groups is 1. The lowest BCUT2D eigenvalue weighted by molar-refractivity contribution is -0.128. The number of hydrogen-bond acceptors (Lipinski definition) is 6. The van der Waals surface area contributed by atoms with E-state index in [1.807, 2.05) is 12.3 Å². The minimum atomic E-state index is -0.214. The number of thioether (sulfide) groups is 1. The van der Waals surface area contributed by atoms with Gasteiger partial charge in [0.25, 0.3) is 0 Å². The largest absolute Gasteiger partial charge is 0.506 e. The van der Waals surface area contributed by atoms with Crippen molar-refractivity contribution < 1.29 is 15.0 Å². The minimum absolute atomic E-state index is 0.0399. The molecule has 2 N–H and O–H groups in total. The number of rotatable bonds is 4. The third kappa shape index (κ3) is 2.96. The molecule has 122 valence electrons. The SMILES string of the molecule is Cc1ccsc1C1SCC(=O)N1Cc1c(CO)cnc(C)c1O. The number of amides is 1. The number of aryl methyl sites for hydroxylation is 2. The molecule has 23 heavy (non-hydrogen) atoms. The van der Waals surface area contributed by atoms with E-state index in [2.05, 4.69) is 11.1 Å². The molecule has 1 fully saturated rings. The normalized spacial score (nSPS) is 18.0. The van der Waals surface area contributed by atoms with Crippen molar-refractivity contribution in [1.82, 2.24) is 9.88 Å². The van der Waals surface area contributed by atoms with Gasteiger partial charge >= 0.3 is 0 Å². The van der Waals surface area contributed by atoms with Crippen LogP contribution in [0.25, 0.3) is 0 Å². The molecule has 5 nitrogen and oxygen atoms in total. The summed E-state index contributed by atoms with van der Waals surface area (Å²) in [5, 5.41) is 21.8. The van der Waals surface area contributed by atoms with Gasteiger partial charge in [0.05, 0.1) is 24.6 Å². The summed E-state index contributed by atoms with van der Waals surface area (Å²) in [7, 11) is 0. The van der Waals surface area contributed by atoms with Crippen LogP contribution in [0.5, 0.6) is 5.75 Å². The zero-order valence-electron chi connectivity index (χ0n) is 12.9. The van der Waals surface area contributed by atoms with E-state index in [0.717, 1.165) is 4.88 Å². The highest BCUT2D eigenvalue weighted by atomic mass is 32.2. The number of thiophene rings is 1. The molecule has 0 saturated carbocycles. The van der Waals surface area contributed by atoms with E-state index in [-0.39, 0.29) is 30.2 Å². The van der Waals surface area contributed by atoms with Crippen LogP contribution in [0.15, 0.2) is 17.6 Å². The van der Waals surface area contributed by atoms with E-state index in [0.29, 0.717) is 22.6 Å². The Balaban J connectivity index is 1.96. The molecular weight excluding hydrogens is 332 g/mol. The van der Waals surface area contributed by atoms with Crippen LogP contribution in [0, 0.1) is 13.8 Å². The van der Waals surface area contributed by atoms with E-state index in [1.165, 1.54) is 5.56 Å². The van der Waals surface area contributed by atoms with Crippen LogP contribution >= 0.6 is 23.1 Å². The van der Waals surface area contributed by atoms with Crippen molar-refractivity contribution in [2.24, 2.45) is 0 Å². The summed E-state index contributed by atoms with van der Waals surface area (Å²) in [4.78, 5) is 19.4. The number of nitrogens with zero attached hydrogens (tertiary/aromatic N) is 2. The van der Waals surface area contributed by atoms with Gasteiger partial charge in [0.2, 0.25) is 5.91 Å². The maximum Gasteiger partial charge on any atom is 0.234 e. The molecule has 7 heteroatoms. The molecule has 1 unspecified atom stereocenters. The van der Waals surface area contributed by atoms with E-state index >= 15 is 0 Å². The number of carbonyl (C=O) groups is 1. The molecule has 1 aliphatic heterocycles. The zero-order chi connectivity index (χ0) is 16.6. The van der Waals surface area contributed by atoms with E-state index in [1.54, 1.807) is 41.1 Å². The van der Waals surface area contributed by atoms with Crippen LogP contribution in [0.2, 0.25) is 0 Å². The molecule has 3 heterocycles. The topological polar surface area (TPSA) is 73.7 Å². The first-order valence-electron chi connectivity index (χ1n) is 7.25. The highest BCUT2D eigenvalue weighted by molar-refractivity contribution is 8.00. The van der Waals surface area contributed by atoms with Gasteiger partial charge in [0, 0.05) is 22.2 Å². The van der Waals surface area contributed by atoms with Crippen LogP contribution in [-0.4, -0.2) is 31.8 Å². The van der Waals surface area contributed by atoms with Gasteiger partial charge in [0.15, 0.2) is 0 Å². The van der Waals surface area contributed by atoms with Crippen molar-refractivity contribution in [3.05, 3.63) is 44.9 Å². The number of aromatic nitrogens is 1. The maximum atomic E-state index is 12.3. The van der Waals surface area contributed by atoms with Crippen molar-refractivity contribution in [2.45, 2.75) is 32.4 Å².